The monoisotopic (exact) mass is 265 g/mol. The minimum atomic E-state index is -1.18. The summed E-state index contributed by atoms with van der Waals surface area (Å²) in [4.78, 5) is 27.1. The van der Waals surface area contributed by atoms with Gasteiger partial charge < -0.3 is 10.0 Å². The van der Waals surface area contributed by atoms with Crippen LogP contribution >= 0.6 is 0 Å². The van der Waals surface area contributed by atoms with Gasteiger partial charge in [0.2, 0.25) is 5.82 Å². The molecule has 0 atom stereocenters. The Bertz CT molecular complexity index is 512. The molecule has 0 amide bonds. The fourth-order valence-electron chi connectivity index (χ4n) is 2.43. The topological polar surface area (TPSA) is 96.6 Å². The van der Waals surface area contributed by atoms with Gasteiger partial charge in [-0.25, -0.2) is 9.78 Å². The van der Waals surface area contributed by atoms with Crippen LogP contribution in [-0.4, -0.2) is 34.1 Å². The average Bonchev–Trinajstić information content (AvgIpc) is 2.90. The molecule has 7 nitrogen and oxygen atoms in total. The number of carboxylic acid groups (broad SMARTS) is 1. The van der Waals surface area contributed by atoms with Gasteiger partial charge in [0.05, 0.1) is 4.92 Å². The molecule has 1 aliphatic carbocycles. The van der Waals surface area contributed by atoms with Crippen LogP contribution in [0.5, 0.6) is 0 Å². The number of aromatic nitrogens is 1. The Morgan fingerprint density at radius 1 is 1.47 bits per heavy atom. The van der Waals surface area contributed by atoms with Crippen LogP contribution < -0.4 is 4.90 Å². The maximum atomic E-state index is 11.0. The third-order valence-electron chi connectivity index (χ3n) is 3.48. The van der Waals surface area contributed by atoms with Crippen molar-refractivity contribution in [3.05, 3.63) is 27.9 Å². The summed E-state index contributed by atoms with van der Waals surface area (Å²) in [6.45, 7) is 0. The van der Waals surface area contributed by atoms with Gasteiger partial charge in [0.1, 0.15) is 0 Å². The predicted octanol–water partition coefficient (Wildman–Crippen LogP) is 2.07. The van der Waals surface area contributed by atoms with E-state index in [0.717, 1.165) is 31.7 Å². The first kappa shape index (κ1) is 13.3. The minimum absolute atomic E-state index is 0.136. The molecular weight excluding hydrogens is 250 g/mol. The lowest BCUT2D eigenvalue weighted by Crippen LogP contribution is -2.30. The molecule has 1 aliphatic rings. The number of hydrogen-bond donors (Lipinski definition) is 1. The Morgan fingerprint density at radius 3 is 2.63 bits per heavy atom. The van der Waals surface area contributed by atoms with Gasteiger partial charge >= 0.3 is 11.7 Å². The largest absolute Gasteiger partial charge is 0.477 e. The predicted molar refractivity (Wildman–Crippen MR) is 68.5 cm³/mol. The number of pyridine rings is 1. The highest BCUT2D eigenvalue weighted by atomic mass is 16.6. The molecular formula is C12H15N3O4. The summed E-state index contributed by atoms with van der Waals surface area (Å²) >= 11 is 0. The minimum Gasteiger partial charge on any atom is -0.477 e. The summed E-state index contributed by atoms with van der Waals surface area (Å²) < 4.78 is 0. The highest BCUT2D eigenvalue weighted by molar-refractivity contribution is 5.86. The number of rotatable bonds is 4. The van der Waals surface area contributed by atoms with Gasteiger partial charge in [-0.2, -0.15) is 0 Å². The summed E-state index contributed by atoms with van der Waals surface area (Å²) in [5.41, 5.74) is -0.329. The van der Waals surface area contributed by atoms with E-state index in [2.05, 4.69) is 4.98 Å². The third kappa shape index (κ3) is 2.64. The summed E-state index contributed by atoms with van der Waals surface area (Å²) in [6.07, 6.45) is 4.07. The second-order valence-electron chi connectivity index (χ2n) is 4.65. The number of nitro groups is 1. The Balaban J connectivity index is 2.41. The van der Waals surface area contributed by atoms with Gasteiger partial charge in [0, 0.05) is 19.2 Å². The van der Waals surface area contributed by atoms with Crippen LogP contribution in [0.15, 0.2) is 12.1 Å². The van der Waals surface area contributed by atoms with E-state index in [1.807, 2.05) is 0 Å². The molecule has 0 saturated heterocycles. The molecule has 0 radical (unpaired) electrons. The van der Waals surface area contributed by atoms with Crippen LogP contribution in [0.25, 0.3) is 0 Å². The Labute approximate surface area is 110 Å². The van der Waals surface area contributed by atoms with Crippen molar-refractivity contribution in [1.29, 1.82) is 0 Å². The van der Waals surface area contributed by atoms with Gasteiger partial charge in [-0.15, -0.1) is 0 Å². The zero-order chi connectivity index (χ0) is 14.0. The zero-order valence-electron chi connectivity index (χ0n) is 10.6. The Hall–Kier alpha value is -2.18. The van der Waals surface area contributed by atoms with Gasteiger partial charge in [-0.3, -0.25) is 10.1 Å². The molecule has 0 spiro atoms. The van der Waals surface area contributed by atoms with Crippen molar-refractivity contribution >= 4 is 17.5 Å². The van der Waals surface area contributed by atoms with E-state index in [4.69, 9.17) is 5.11 Å². The van der Waals surface area contributed by atoms with E-state index in [1.54, 1.807) is 11.9 Å². The molecule has 102 valence electrons. The number of nitrogens with zero attached hydrogens (tertiary/aromatic N) is 3. The highest BCUT2D eigenvalue weighted by Gasteiger charge is 2.27. The Morgan fingerprint density at radius 2 is 2.11 bits per heavy atom. The maximum Gasteiger partial charge on any atom is 0.354 e. The first-order valence-corrected chi connectivity index (χ1v) is 6.12. The summed E-state index contributed by atoms with van der Waals surface area (Å²) in [5, 5.41) is 19.9. The molecule has 7 heteroatoms. The molecule has 19 heavy (non-hydrogen) atoms. The van der Waals surface area contributed by atoms with Crippen molar-refractivity contribution < 1.29 is 14.8 Å². The quantitative estimate of drug-likeness (QED) is 0.661. The number of carbonyl (C=O) groups is 1. The summed E-state index contributed by atoms with van der Waals surface area (Å²) in [5.74, 6) is -1.05. The fraction of sp³-hybridized carbons (Fsp3) is 0.500. The number of carboxylic acids is 1. The van der Waals surface area contributed by atoms with Crippen LogP contribution in [0.4, 0.5) is 11.5 Å². The van der Waals surface area contributed by atoms with Crippen molar-refractivity contribution in [2.45, 2.75) is 31.7 Å². The van der Waals surface area contributed by atoms with Crippen molar-refractivity contribution in [2.75, 3.05) is 11.9 Å². The van der Waals surface area contributed by atoms with Crippen LogP contribution in [0.3, 0.4) is 0 Å². The fourth-order valence-corrected chi connectivity index (χ4v) is 2.43. The molecule has 1 heterocycles. The number of aromatic carboxylic acids is 1. The summed E-state index contributed by atoms with van der Waals surface area (Å²) in [7, 11) is 1.73. The van der Waals surface area contributed by atoms with E-state index in [-0.39, 0.29) is 23.2 Å². The van der Waals surface area contributed by atoms with Crippen molar-refractivity contribution in [3.8, 4) is 0 Å². The maximum absolute atomic E-state index is 11.0. The molecule has 1 saturated carbocycles. The van der Waals surface area contributed by atoms with E-state index in [0.29, 0.717) is 0 Å². The SMILES string of the molecule is CN(c1nc(C(=O)O)ccc1[N+](=O)[O-])C1CCCC1. The molecule has 1 N–H and O–H groups in total. The standard InChI is InChI=1S/C12H15N3O4/c1-14(8-4-2-3-5-8)11-10(15(18)19)7-6-9(13-11)12(16)17/h6-8H,2-5H2,1H3,(H,16,17). The molecule has 1 aromatic rings. The zero-order valence-corrected chi connectivity index (χ0v) is 10.6. The molecule has 0 bridgehead atoms. The first-order valence-electron chi connectivity index (χ1n) is 6.12. The lowest BCUT2D eigenvalue weighted by Gasteiger charge is -2.25. The summed E-state index contributed by atoms with van der Waals surface area (Å²) in [6, 6.07) is 2.55. The normalized spacial score (nSPS) is 15.4. The average molecular weight is 265 g/mol. The van der Waals surface area contributed by atoms with Gasteiger partial charge in [0.15, 0.2) is 5.69 Å². The molecule has 0 unspecified atom stereocenters. The smallest absolute Gasteiger partial charge is 0.354 e. The van der Waals surface area contributed by atoms with Gasteiger partial charge in [0.25, 0.3) is 0 Å². The second kappa shape index (κ2) is 5.21. The second-order valence-corrected chi connectivity index (χ2v) is 4.65. The molecule has 0 aromatic carbocycles. The van der Waals surface area contributed by atoms with E-state index >= 15 is 0 Å². The lowest BCUT2D eigenvalue weighted by atomic mass is 10.2. The van der Waals surface area contributed by atoms with Gasteiger partial charge in [-0.1, -0.05) is 12.8 Å². The van der Waals surface area contributed by atoms with E-state index in [9.17, 15) is 14.9 Å². The van der Waals surface area contributed by atoms with E-state index < -0.39 is 10.9 Å². The van der Waals surface area contributed by atoms with Crippen molar-refractivity contribution in [3.63, 3.8) is 0 Å². The van der Waals surface area contributed by atoms with Crippen molar-refractivity contribution in [1.82, 2.24) is 4.98 Å². The van der Waals surface area contributed by atoms with Crippen molar-refractivity contribution in [2.24, 2.45) is 0 Å². The third-order valence-corrected chi connectivity index (χ3v) is 3.48. The highest BCUT2D eigenvalue weighted by Crippen LogP contribution is 2.31. The van der Waals surface area contributed by atoms with Crippen LogP contribution in [-0.2, 0) is 0 Å². The molecule has 1 aromatic heterocycles. The van der Waals surface area contributed by atoms with E-state index in [1.165, 1.54) is 6.07 Å². The first-order chi connectivity index (χ1) is 9.00. The molecule has 0 aliphatic heterocycles. The van der Waals surface area contributed by atoms with Crippen LogP contribution in [0.1, 0.15) is 36.2 Å². The number of hydrogen-bond acceptors (Lipinski definition) is 5. The Kier molecular flexibility index (Phi) is 3.64. The van der Waals surface area contributed by atoms with Crippen LogP contribution in [0, 0.1) is 10.1 Å². The molecule has 2 rings (SSSR count). The number of anilines is 1. The molecule has 1 fully saturated rings. The van der Waals surface area contributed by atoms with Gasteiger partial charge in [-0.05, 0) is 18.9 Å². The van der Waals surface area contributed by atoms with Crippen LogP contribution in [0.2, 0.25) is 0 Å². The lowest BCUT2D eigenvalue weighted by molar-refractivity contribution is -0.384.